The molecule has 164 valence electrons. The molecule has 2 aliphatic rings. The van der Waals surface area contributed by atoms with Crippen molar-refractivity contribution in [2.75, 3.05) is 7.05 Å². The molecule has 0 aliphatic carbocycles. The fraction of sp³-hybridized carbons (Fsp3) is 0.300. The van der Waals surface area contributed by atoms with Crippen LogP contribution in [0.2, 0.25) is 0 Å². The molecule has 1 saturated heterocycles. The number of benzene rings is 2. The van der Waals surface area contributed by atoms with Gasteiger partial charge >= 0.3 is 12.2 Å². The lowest BCUT2D eigenvalue weighted by Gasteiger charge is -2.42. The fourth-order valence-electron chi connectivity index (χ4n) is 3.77. The number of thiocarbonyl (C=S) groups is 1. The molecule has 0 aromatic heterocycles. The Morgan fingerprint density at radius 3 is 2.23 bits per heavy atom. The van der Waals surface area contributed by atoms with E-state index in [2.05, 4.69) is 25.4 Å². The fourth-order valence-corrected chi connectivity index (χ4v) is 4.33. The minimum atomic E-state index is -4.90. The Balaban J connectivity index is 1.91. The molecule has 1 unspecified atom stereocenters. The van der Waals surface area contributed by atoms with Gasteiger partial charge in [0.2, 0.25) is 5.91 Å². The van der Waals surface area contributed by atoms with E-state index in [1.807, 2.05) is 0 Å². The van der Waals surface area contributed by atoms with Crippen LogP contribution in [-0.2, 0) is 10.2 Å². The zero-order chi connectivity index (χ0) is 22.8. The summed E-state index contributed by atoms with van der Waals surface area (Å²) in [5, 5.41) is 0. The van der Waals surface area contributed by atoms with E-state index in [0.717, 1.165) is 18.2 Å². The lowest BCUT2D eigenvalue weighted by atomic mass is 9.68. The molecule has 1 amide bonds. The van der Waals surface area contributed by atoms with Crippen molar-refractivity contribution in [1.82, 2.24) is 4.90 Å². The highest BCUT2D eigenvalue weighted by Gasteiger charge is 2.66. The van der Waals surface area contributed by atoms with Gasteiger partial charge in [0.1, 0.15) is 11.2 Å². The van der Waals surface area contributed by atoms with E-state index in [9.17, 15) is 26.7 Å². The summed E-state index contributed by atoms with van der Waals surface area (Å²) in [6.45, 7) is 0. The number of likely N-dealkylation sites (N-methyl/N-ethyl adjacent to an activating group) is 1. The number of carbonyl (C=O) groups excluding carboxylic acids is 1. The number of fused-ring (bicyclic) bond motifs is 1. The van der Waals surface area contributed by atoms with Crippen molar-refractivity contribution in [2.45, 2.75) is 30.5 Å². The number of amides is 1. The second-order valence-electron chi connectivity index (χ2n) is 7.19. The molecule has 1 fully saturated rings. The van der Waals surface area contributed by atoms with Crippen LogP contribution in [0, 0.1) is 5.82 Å². The second kappa shape index (κ2) is 7.13. The first kappa shape index (κ1) is 21.9. The van der Waals surface area contributed by atoms with Crippen LogP contribution in [0.3, 0.4) is 0 Å². The van der Waals surface area contributed by atoms with E-state index in [1.165, 1.54) is 30.1 Å². The van der Waals surface area contributed by atoms with Gasteiger partial charge in [0.25, 0.3) is 0 Å². The quantitative estimate of drug-likeness (QED) is 0.391. The number of hydrogen-bond acceptors (Lipinski definition) is 4. The van der Waals surface area contributed by atoms with Crippen LogP contribution in [0.5, 0.6) is 11.5 Å². The highest BCUT2D eigenvalue weighted by Crippen LogP contribution is 2.50. The number of carbonyl (C=O) groups is 1. The summed E-state index contributed by atoms with van der Waals surface area (Å²) in [6, 6.07) is 7.39. The Hall–Kier alpha value is -2.27. The molecule has 4 nitrogen and oxygen atoms in total. The van der Waals surface area contributed by atoms with Crippen LogP contribution in [0.25, 0.3) is 0 Å². The third kappa shape index (κ3) is 3.29. The zero-order valence-electron chi connectivity index (χ0n) is 15.7. The first-order valence-electron chi connectivity index (χ1n) is 8.94. The van der Waals surface area contributed by atoms with Gasteiger partial charge in [-0.15, -0.1) is 0 Å². The number of hydrogen-bond donors (Lipinski definition) is 0. The standard InChI is InChI=1S/C20H13BrF5NO3S/c1-27-16(31)6-7-18(17(27)28,10-2-4-13(22)12(21)8-10)11-3-5-14-15(9-11)30-20(25,26)19(23,24)29-14/h2-5,8-9H,6-7H2,1H3. The van der Waals surface area contributed by atoms with Gasteiger partial charge in [0, 0.05) is 13.5 Å². The molecule has 2 aromatic rings. The van der Waals surface area contributed by atoms with E-state index in [0.29, 0.717) is 17.0 Å². The summed E-state index contributed by atoms with van der Waals surface area (Å²) in [5.74, 6) is -2.27. The second-order valence-corrected chi connectivity index (χ2v) is 8.52. The van der Waals surface area contributed by atoms with Gasteiger partial charge in [0.05, 0.1) is 9.46 Å². The van der Waals surface area contributed by atoms with Crippen molar-refractivity contribution in [3.8, 4) is 11.5 Å². The van der Waals surface area contributed by atoms with Crippen molar-refractivity contribution in [3.05, 3.63) is 57.8 Å². The summed E-state index contributed by atoms with van der Waals surface area (Å²) in [4.78, 5) is 15.1. The van der Waals surface area contributed by atoms with Crippen molar-refractivity contribution >= 4 is 39.0 Å². The smallest absolute Gasteiger partial charge is 0.421 e. The average Bonchev–Trinajstić information content (AvgIpc) is 2.69. The van der Waals surface area contributed by atoms with Crippen LogP contribution >= 0.6 is 28.1 Å². The van der Waals surface area contributed by atoms with E-state index in [4.69, 9.17) is 12.2 Å². The lowest BCUT2D eigenvalue weighted by Crippen LogP contribution is -2.53. The summed E-state index contributed by atoms with van der Waals surface area (Å²) in [5.41, 5.74) is -0.886. The summed E-state index contributed by atoms with van der Waals surface area (Å²) in [7, 11) is 1.48. The highest BCUT2D eigenvalue weighted by molar-refractivity contribution is 9.10. The number of likely N-dealkylation sites (tertiary alicyclic amines) is 1. The molecule has 4 rings (SSSR count). The maximum Gasteiger partial charge on any atom is 0.507 e. The van der Waals surface area contributed by atoms with E-state index in [1.54, 1.807) is 0 Å². The maximum absolute atomic E-state index is 13.9. The predicted octanol–water partition coefficient (Wildman–Crippen LogP) is 5.41. The van der Waals surface area contributed by atoms with Crippen molar-refractivity contribution < 1.29 is 36.2 Å². The molecule has 0 N–H and O–H groups in total. The number of piperidine rings is 1. The third-order valence-corrected chi connectivity index (χ3v) is 6.51. The third-order valence-electron chi connectivity index (χ3n) is 5.42. The monoisotopic (exact) mass is 521 g/mol. The van der Waals surface area contributed by atoms with Crippen LogP contribution in [-0.4, -0.2) is 35.1 Å². The van der Waals surface area contributed by atoms with Crippen molar-refractivity contribution in [3.63, 3.8) is 0 Å². The average molecular weight is 522 g/mol. The van der Waals surface area contributed by atoms with Crippen LogP contribution in [0.4, 0.5) is 22.0 Å². The first-order valence-corrected chi connectivity index (χ1v) is 10.1. The Morgan fingerprint density at radius 2 is 1.58 bits per heavy atom. The Kier molecular flexibility index (Phi) is 5.04. The molecule has 11 heteroatoms. The van der Waals surface area contributed by atoms with Crippen molar-refractivity contribution in [1.29, 1.82) is 0 Å². The van der Waals surface area contributed by atoms with Crippen LogP contribution in [0.1, 0.15) is 24.0 Å². The van der Waals surface area contributed by atoms with E-state index < -0.39 is 40.9 Å². The summed E-state index contributed by atoms with van der Waals surface area (Å²) < 4.78 is 76.7. The maximum atomic E-state index is 13.9. The Labute approximate surface area is 187 Å². The van der Waals surface area contributed by atoms with Gasteiger partial charge in [-0.1, -0.05) is 24.4 Å². The highest BCUT2D eigenvalue weighted by atomic mass is 79.9. The molecule has 0 radical (unpaired) electrons. The molecule has 2 heterocycles. The van der Waals surface area contributed by atoms with Gasteiger partial charge < -0.3 is 14.4 Å². The zero-order valence-corrected chi connectivity index (χ0v) is 18.1. The summed E-state index contributed by atoms with van der Waals surface area (Å²) in [6.07, 6.45) is -9.30. The van der Waals surface area contributed by atoms with Crippen LogP contribution in [0.15, 0.2) is 40.9 Å². The van der Waals surface area contributed by atoms with Crippen LogP contribution < -0.4 is 9.47 Å². The molecule has 31 heavy (non-hydrogen) atoms. The minimum Gasteiger partial charge on any atom is -0.421 e. The van der Waals surface area contributed by atoms with Gasteiger partial charge in [-0.25, -0.2) is 4.39 Å². The number of nitrogens with zero attached hydrogens (tertiary/aromatic N) is 1. The molecule has 2 aromatic carbocycles. The SMILES string of the molecule is CN1C(=O)C(c2ccc(F)c(Br)c2)(c2ccc3c(c2)OC(F)(F)C(F)(F)O3)CCC1=S. The topological polar surface area (TPSA) is 38.8 Å². The predicted molar refractivity (Wildman–Crippen MR) is 107 cm³/mol. The molecule has 0 spiro atoms. The molecule has 0 bridgehead atoms. The van der Waals surface area contributed by atoms with Gasteiger partial charge in [-0.05, 0) is 57.7 Å². The van der Waals surface area contributed by atoms with E-state index in [-0.39, 0.29) is 16.5 Å². The molecular weight excluding hydrogens is 509 g/mol. The number of ether oxygens (including phenoxy) is 2. The molecule has 1 atom stereocenters. The number of halogens is 6. The largest absolute Gasteiger partial charge is 0.507 e. The van der Waals surface area contributed by atoms with Gasteiger partial charge in [-0.2, -0.15) is 17.6 Å². The normalized spacial score (nSPS) is 24.3. The lowest BCUT2D eigenvalue weighted by molar-refractivity contribution is -0.391. The Morgan fingerprint density at radius 1 is 1.00 bits per heavy atom. The van der Waals surface area contributed by atoms with E-state index >= 15 is 0 Å². The number of rotatable bonds is 2. The molecule has 0 saturated carbocycles. The summed E-state index contributed by atoms with van der Waals surface area (Å²) >= 11 is 8.31. The Bertz CT molecular complexity index is 1110. The van der Waals surface area contributed by atoms with Gasteiger partial charge in [-0.3, -0.25) is 4.79 Å². The van der Waals surface area contributed by atoms with Gasteiger partial charge in [0.15, 0.2) is 11.5 Å². The minimum absolute atomic E-state index is 0.0942. The first-order chi connectivity index (χ1) is 14.4. The molecular formula is C20H13BrF5NO3S. The molecule has 2 aliphatic heterocycles. The number of alkyl halides is 4. The van der Waals surface area contributed by atoms with Crippen molar-refractivity contribution in [2.24, 2.45) is 0 Å².